The maximum atomic E-state index is 12.7. The standard InChI is InChI=1S/C8H7ClF2/c1-5-2-6(4-9)8(11)3-7(5)10/h2-3H,4H2,1H3. The van der Waals surface area contributed by atoms with Gasteiger partial charge in [0.25, 0.3) is 0 Å². The van der Waals surface area contributed by atoms with Crippen molar-refractivity contribution in [2.24, 2.45) is 0 Å². The zero-order chi connectivity index (χ0) is 8.43. The fraction of sp³-hybridized carbons (Fsp3) is 0.250. The summed E-state index contributed by atoms with van der Waals surface area (Å²) < 4.78 is 25.3. The lowest BCUT2D eigenvalue weighted by molar-refractivity contribution is 0.571. The normalized spacial score (nSPS) is 10.2. The highest BCUT2D eigenvalue weighted by Crippen LogP contribution is 2.15. The number of hydrogen-bond donors (Lipinski definition) is 0. The monoisotopic (exact) mass is 176 g/mol. The predicted octanol–water partition coefficient (Wildman–Crippen LogP) is 3.01. The number of rotatable bonds is 1. The highest BCUT2D eigenvalue weighted by Gasteiger charge is 2.04. The molecule has 11 heavy (non-hydrogen) atoms. The van der Waals surface area contributed by atoms with E-state index in [1.54, 1.807) is 6.92 Å². The lowest BCUT2D eigenvalue weighted by Gasteiger charge is -2.00. The summed E-state index contributed by atoms with van der Waals surface area (Å²) in [5.74, 6) is -1.04. The Morgan fingerprint density at radius 1 is 1.27 bits per heavy atom. The quantitative estimate of drug-likeness (QED) is 0.577. The molecule has 0 fully saturated rings. The molecule has 0 heterocycles. The second-order valence-electron chi connectivity index (χ2n) is 2.33. The van der Waals surface area contributed by atoms with Crippen molar-refractivity contribution < 1.29 is 8.78 Å². The molecular formula is C8H7ClF2. The third kappa shape index (κ3) is 1.69. The second kappa shape index (κ2) is 3.18. The molecule has 0 atom stereocenters. The minimum atomic E-state index is -0.580. The van der Waals surface area contributed by atoms with E-state index in [2.05, 4.69) is 0 Å². The van der Waals surface area contributed by atoms with Crippen LogP contribution in [0.1, 0.15) is 11.1 Å². The van der Waals surface area contributed by atoms with Crippen molar-refractivity contribution in [1.82, 2.24) is 0 Å². The van der Waals surface area contributed by atoms with E-state index in [0.717, 1.165) is 6.07 Å². The molecule has 0 aromatic heterocycles. The van der Waals surface area contributed by atoms with E-state index < -0.39 is 11.6 Å². The van der Waals surface area contributed by atoms with Crippen LogP contribution < -0.4 is 0 Å². The Morgan fingerprint density at radius 2 is 1.91 bits per heavy atom. The van der Waals surface area contributed by atoms with Crippen LogP contribution in [-0.4, -0.2) is 0 Å². The fourth-order valence-corrected chi connectivity index (χ4v) is 1.02. The Labute approximate surface area is 68.8 Å². The number of benzene rings is 1. The SMILES string of the molecule is Cc1cc(CCl)c(F)cc1F. The average molecular weight is 177 g/mol. The fourth-order valence-electron chi connectivity index (χ4n) is 0.819. The lowest BCUT2D eigenvalue weighted by atomic mass is 10.1. The highest BCUT2D eigenvalue weighted by molar-refractivity contribution is 6.17. The zero-order valence-electron chi connectivity index (χ0n) is 6.00. The van der Waals surface area contributed by atoms with Gasteiger partial charge in [0.15, 0.2) is 0 Å². The third-order valence-corrected chi connectivity index (χ3v) is 1.76. The van der Waals surface area contributed by atoms with Gasteiger partial charge in [0.2, 0.25) is 0 Å². The topological polar surface area (TPSA) is 0 Å². The van der Waals surface area contributed by atoms with Crippen LogP contribution in [0.15, 0.2) is 12.1 Å². The summed E-state index contributed by atoms with van der Waals surface area (Å²) in [4.78, 5) is 0. The van der Waals surface area contributed by atoms with Gasteiger partial charge in [-0.2, -0.15) is 0 Å². The molecule has 3 heteroatoms. The molecule has 0 aliphatic rings. The van der Waals surface area contributed by atoms with Crippen molar-refractivity contribution in [1.29, 1.82) is 0 Å². The van der Waals surface area contributed by atoms with Crippen molar-refractivity contribution in [3.8, 4) is 0 Å². The predicted molar refractivity (Wildman–Crippen MR) is 40.7 cm³/mol. The van der Waals surface area contributed by atoms with Crippen LogP contribution in [0.5, 0.6) is 0 Å². The summed E-state index contributed by atoms with van der Waals surface area (Å²) in [6.45, 7) is 1.57. The van der Waals surface area contributed by atoms with Gasteiger partial charge in [0.05, 0.1) is 5.88 Å². The Hall–Kier alpha value is -0.630. The summed E-state index contributed by atoms with van der Waals surface area (Å²) in [5.41, 5.74) is 0.757. The van der Waals surface area contributed by atoms with Gasteiger partial charge >= 0.3 is 0 Å². The average Bonchev–Trinajstić information content (AvgIpc) is 1.97. The van der Waals surface area contributed by atoms with Gasteiger partial charge < -0.3 is 0 Å². The minimum absolute atomic E-state index is 0.0763. The van der Waals surface area contributed by atoms with Crippen LogP contribution in [0.25, 0.3) is 0 Å². The Kier molecular flexibility index (Phi) is 2.45. The molecule has 0 radical (unpaired) electrons. The minimum Gasteiger partial charge on any atom is -0.207 e. The highest BCUT2D eigenvalue weighted by atomic mass is 35.5. The molecule has 0 saturated carbocycles. The first-order valence-electron chi connectivity index (χ1n) is 3.15. The smallest absolute Gasteiger partial charge is 0.130 e. The number of hydrogen-bond acceptors (Lipinski definition) is 0. The molecule has 0 N–H and O–H groups in total. The molecule has 0 spiro atoms. The van der Waals surface area contributed by atoms with E-state index >= 15 is 0 Å². The maximum Gasteiger partial charge on any atom is 0.130 e. The van der Waals surface area contributed by atoms with Gasteiger partial charge in [-0.3, -0.25) is 0 Å². The Morgan fingerprint density at radius 3 is 2.45 bits per heavy atom. The number of alkyl halides is 1. The number of aryl methyl sites for hydroxylation is 1. The van der Waals surface area contributed by atoms with Crippen molar-refractivity contribution in [2.45, 2.75) is 12.8 Å². The van der Waals surface area contributed by atoms with Crippen LogP contribution in [0.4, 0.5) is 8.78 Å². The van der Waals surface area contributed by atoms with Gasteiger partial charge in [-0.15, -0.1) is 11.6 Å². The van der Waals surface area contributed by atoms with Crippen molar-refractivity contribution in [3.63, 3.8) is 0 Å². The molecule has 0 amide bonds. The van der Waals surface area contributed by atoms with Crippen molar-refractivity contribution in [2.75, 3.05) is 0 Å². The summed E-state index contributed by atoms with van der Waals surface area (Å²) in [6.07, 6.45) is 0. The largest absolute Gasteiger partial charge is 0.207 e. The summed E-state index contributed by atoms with van der Waals surface area (Å²) in [6, 6.07) is 2.27. The van der Waals surface area contributed by atoms with E-state index in [1.165, 1.54) is 6.07 Å². The first kappa shape index (κ1) is 8.47. The van der Waals surface area contributed by atoms with E-state index in [4.69, 9.17) is 11.6 Å². The van der Waals surface area contributed by atoms with Crippen molar-refractivity contribution >= 4 is 11.6 Å². The van der Waals surface area contributed by atoms with Crippen molar-refractivity contribution in [3.05, 3.63) is 34.9 Å². The Balaban J connectivity index is 3.21. The van der Waals surface area contributed by atoms with E-state index in [9.17, 15) is 8.78 Å². The van der Waals surface area contributed by atoms with Gasteiger partial charge in [0.1, 0.15) is 11.6 Å². The molecule has 0 aliphatic carbocycles. The summed E-state index contributed by atoms with van der Waals surface area (Å²) in [7, 11) is 0. The molecular weight excluding hydrogens is 170 g/mol. The molecule has 0 unspecified atom stereocenters. The molecule has 0 aliphatic heterocycles. The van der Waals surface area contributed by atoms with Crippen LogP contribution >= 0.6 is 11.6 Å². The van der Waals surface area contributed by atoms with Gasteiger partial charge in [-0.25, -0.2) is 8.78 Å². The Bertz CT molecular complexity index is 271. The summed E-state index contributed by atoms with van der Waals surface area (Å²) >= 11 is 5.39. The van der Waals surface area contributed by atoms with Crippen LogP contribution in [0, 0.1) is 18.6 Å². The molecule has 1 aromatic carbocycles. The molecule has 0 nitrogen and oxygen atoms in total. The third-order valence-electron chi connectivity index (χ3n) is 1.47. The van der Waals surface area contributed by atoms with Gasteiger partial charge in [0, 0.05) is 11.6 Å². The first-order valence-corrected chi connectivity index (χ1v) is 3.69. The van der Waals surface area contributed by atoms with Crippen LogP contribution in [0.3, 0.4) is 0 Å². The molecule has 0 bridgehead atoms. The molecule has 0 saturated heterocycles. The number of halogens is 3. The van der Waals surface area contributed by atoms with Gasteiger partial charge in [-0.1, -0.05) is 0 Å². The van der Waals surface area contributed by atoms with Crippen LogP contribution in [-0.2, 0) is 5.88 Å². The lowest BCUT2D eigenvalue weighted by Crippen LogP contribution is -1.91. The molecule has 60 valence electrons. The van der Waals surface area contributed by atoms with E-state index in [0.29, 0.717) is 11.1 Å². The first-order chi connectivity index (χ1) is 5.15. The zero-order valence-corrected chi connectivity index (χ0v) is 6.75. The molecule has 1 aromatic rings. The van der Waals surface area contributed by atoms with E-state index in [1.807, 2.05) is 0 Å². The van der Waals surface area contributed by atoms with Crippen LogP contribution in [0.2, 0.25) is 0 Å². The second-order valence-corrected chi connectivity index (χ2v) is 2.59. The summed E-state index contributed by atoms with van der Waals surface area (Å²) in [5, 5.41) is 0. The maximum absolute atomic E-state index is 12.7. The van der Waals surface area contributed by atoms with E-state index in [-0.39, 0.29) is 5.88 Å². The molecule has 1 rings (SSSR count). The van der Waals surface area contributed by atoms with Gasteiger partial charge in [-0.05, 0) is 18.6 Å².